The van der Waals surface area contributed by atoms with Crippen LogP contribution in [0, 0.1) is 10.1 Å². The fourth-order valence-corrected chi connectivity index (χ4v) is 1.84. The first-order valence-electron chi connectivity index (χ1n) is 6.09. The summed E-state index contributed by atoms with van der Waals surface area (Å²) >= 11 is 0. The molecule has 0 atom stereocenters. The quantitative estimate of drug-likeness (QED) is 0.637. The van der Waals surface area contributed by atoms with Crippen molar-refractivity contribution in [2.75, 3.05) is 6.61 Å². The summed E-state index contributed by atoms with van der Waals surface area (Å²) in [5, 5.41) is 24.0. The van der Waals surface area contributed by atoms with E-state index in [9.17, 15) is 10.1 Å². The number of ether oxygens (including phenoxy) is 1. The van der Waals surface area contributed by atoms with Gasteiger partial charge in [-0.2, -0.15) is 5.10 Å². The lowest BCUT2D eigenvalue weighted by molar-refractivity contribution is -0.385. The Morgan fingerprint density at radius 1 is 1.45 bits per heavy atom. The summed E-state index contributed by atoms with van der Waals surface area (Å²) in [7, 11) is 1.82. The molecule has 0 amide bonds. The van der Waals surface area contributed by atoms with Gasteiger partial charge in [0.15, 0.2) is 5.75 Å². The fourth-order valence-electron chi connectivity index (χ4n) is 1.84. The Morgan fingerprint density at radius 3 is 2.85 bits per heavy atom. The van der Waals surface area contributed by atoms with Gasteiger partial charge < -0.3 is 9.84 Å². The van der Waals surface area contributed by atoms with Crippen LogP contribution in [0.5, 0.6) is 5.75 Å². The number of hydrogen-bond acceptors (Lipinski definition) is 5. The minimum Gasteiger partial charge on any atom is -0.486 e. The predicted molar refractivity (Wildman–Crippen MR) is 71.4 cm³/mol. The van der Waals surface area contributed by atoms with Crippen molar-refractivity contribution in [1.82, 2.24) is 9.78 Å². The van der Waals surface area contributed by atoms with Crippen LogP contribution in [0.3, 0.4) is 0 Å². The van der Waals surface area contributed by atoms with E-state index in [0.29, 0.717) is 18.6 Å². The molecule has 0 radical (unpaired) electrons. The lowest BCUT2D eigenvalue weighted by Crippen LogP contribution is -2.07. The molecular weight excluding hydrogens is 262 g/mol. The zero-order chi connectivity index (χ0) is 14.5. The first-order chi connectivity index (χ1) is 9.61. The molecule has 7 heteroatoms. The van der Waals surface area contributed by atoms with Gasteiger partial charge in [-0.1, -0.05) is 0 Å². The lowest BCUT2D eigenvalue weighted by Gasteiger charge is -2.08. The average molecular weight is 277 g/mol. The molecule has 1 aromatic carbocycles. The molecule has 20 heavy (non-hydrogen) atoms. The van der Waals surface area contributed by atoms with Gasteiger partial charge in [0.25, 0.3) is 0 Å². The van der Waals surface area contributed by atoms with Crippen molar-refractivity contribution >= 4 is 5.69 Å². The van der Waals surface area contributed by atoms with E-state index in [-0.39, 0.29) is 18.0 Å². The number of hydrogen-bond donors (Lipinski definition) is 1. The molecule has 106 valence electrons. The summed E-state index contributed by atoms with van der Waals surface area (Å²) in [6.45, 7) is 0.116. The van der Waals surface area contributed by atoms with Gasteiger partial charge >= 0.3 is 5.69 Å². The van der Waals surface area contributed by atoms with E-state index in [2.05, 4.69) is 5.10 Å². The average Bonchev–Trinajstić information content (AvgIpc) is 2.84. The fraction of sp³-hybridized carbons (Fsp3) is 0.308. The third-order valence-corrected chi connectivity index (χ3v) is 2.94. The molecule has 0 spiro atoms. The third-order valence-electron chi connectivity index (χ3n) is 2.94. The molecule has 0 fully saturated rings. The topological polar surface area (TPSA) is 90.4 Å². The van der Waals surface area contributed by atoms with Crippen LogP contribution >= 0.6 is 0 Å². The highest BCUT2D eigenvalue weighted by atomic mass is 16.6. The van der Waals surface area contributed by atoms with Gasteiger partial charge in [0.2, 0.25) is 0 Å². The maximum Gasteiger partial charge on any atom is 0.310 e. The highest BCUT2D eigenvalue weighted by Gasteiger charge is 2.15. The molecule has 0 aliphatic rings. The maximum absolute atomic E-state index is 10.9. The monoisotopic (exact) mass is 277 g/mol. The molecule has 0 saturated carbocycles. The second-order valence-electron chi connectivity index (χ2n) is 4.26. The van der Waals surface area contributed by atoms with Gasteiger partial charge in [0.05, 0.1) is 18.1 Å². The number of nitrogens with zero attached hydrogens (tertiary/aromatic N) is 3. The van der Waals surface area contributed by atoms with Gasteiger partial charge in [-0.25, -0.2) is 0 Å². The number of aromatic nitrogens is 2. The van der Waals surface area contributed by atoms with E-state index >= 15 is 0 Å². The number of nitro groups is 1. The molecular formula is C13H15N3O4. The third kappa shape index (κ3) is 3.12. The number of aryl methyl sites for hydroxylation is 1. The van der Waals surface area contributed by atoms with Crippen molar-refractivity contribution in [3.05, 3.63) is 51.8 Å². The Balaban J connectivity index is 2.07. The molecule has 7 nitrogen and oxygen atoms in total. The molecule has 0 aliphatic carbocycles. The SMILES string of the molecule is Cn1nccc1CCOc1cc(CO)ccc1[N+](=O)[O-]. The number of nitro benzene ring substituents is 1. The zero-order valence-corrected chi connectivity index (χ0v) is 11.0. The van der Waals surface area contributed by atoms with Crippen LogP contribution in [0.2, 0.25) is 0 Å². The molecule has 0 bridgehead atoms. The molecule has 1 heterocycles. The summed E-state index contributed by atoms with van der Waals surface area (Å²) in [5.74, 6) is 0.170. The second-order valence-corrected chi connectivity index (χ2v) is 4.26. The van der Waals surface area contributed by atoms with Crippen LogP contribution in [0.15, 0.2) is 30.5 Å². The minimum absolute atomic E-state index is 0.104. The first-order valence-corrected chi connectivity index (χ1v) is 6.09. The molecule has 0 saturated heterocycles. The van der Waals surface area contributed by atoms with Crippen molar-refractivity contribution in [2.45, 2.75) is 13.0 Å². The van der Waals surface area contributed by atoms with Crippen molar-refractivity contribution in [3.8, 4) is 5.75 Å². The number of aliphatic hydroxyl groups excluding tert-OH is 1. The van der Waals surface area contributed by atoms with Gasteiger partial charge in [-0.05, 0) is 23.8 Å². The summed E-state index contributed by atoms with van der Waals surface area (Å²) in [6.07, 6.45) is 2.28. The van der Waals surface area contributed by atoms with Crippen LogP contribution in [0.25, 0.3) is 0 Å². The minimum atomic E-state index is -0.499. The normalized spacial score (nSPS) is 10.5. The highest BCUT2D eigenvalue weighted by Crippen LogP contribution is 2.28. The smallest absolute Gasteiger partial charge is 0.310 e. The zero-order valence-electron chi connectivity index (χ0n) is 11.0. The molecule has 1 N–H and O–H groups in total. The summed E-state index contributed by atoms with van der Waals surface area (Å²) in [6, 6.07) is 6.19. The summed E-state index contributed by atoms with van der Waals surface area (Å²) < 4.78 is 7.20. The van der Waals surface area contributed by atoms with Crippen LogP contribution in [0.1, 0.15) is 11.3 Å². The molecule has 1 aromatic heterocycles. The van der Waals surface area contributed by atoms with Crippen LogP contribution in [-0.4, -0.2) is 26.4 Å². The first kappa shape index (κ1) is 14.0. The van der Waals surface area contributed by atoms with E-state index in [4.69, 9.17) is 9.84 Å². The van der Waals surface area contributed by atoms with Crippen molar-refractivity contribution in [3.63, 3.8) is 0 Å². The number of aliphatic hydroxyl groups is 1. The Labute approximate surface area is 115 Å². The highest BCUT2D eigenvalue weighted by molar-refractivity contribution is 5.48. The van der Waals surface area contributed by atoms with Crippen LogP contribution in [-0.2, 0) is 20.1 Å². The molecule has 2 rings (SSSR count). The number of rotatable bonds is 6. The Kier molecular flexibility index (Phi) is 4.31. The maximum atomic E-state index is 10.9. The van der Waals surface area contributed by atoms with E-state index in [0.717, 1.165) is 5.69 Å². The Bertz CT molecular complexity index is 609. The van der Waals surface area contributed by atoms with Crippen molar-refractivity contribution < 1.29 is 14.8 Å². The molecule has 2 aromatic rings. The van der Waals surface area contributed by atoms with Crippen LogP contribution in [0.4, 0.5) is 5.69 Å². The van der Waals surface area contributed by atoms with Gasteiger partial charge in [-0.15, -0.1) is 0 Å². The summed E-state index contributed by atoms with van der Waals surface area (Å²) in [5.41, 5.74) is 1.45. The van der Waals surface area contributed by atoms with Crippen LogP contribution < -0.4 is 4.74 Å². The standard InChI is InChI=1S/C13H15N3O4/c1-15-11(4-6-14-15)5-7-20-13-8-10(9-17)2-3-12(13)16(18)19/h2-4,6,8,17H,5,7,9H2,1H3. The summed E-state index contributed by atoms with van der Waals surface area (Å²) in [4.78, 5) is 10.4. The second kappa shape index (κ2) is 6.16. The lowest BCUT2D eigenvalue weighted by atomic mass is 10.2. The van der Waals surface area contributed by atoms with Crippen molar-refractivity contribution in [2.24, 2.45) is 7.05 Å². The predicted octanol–water partition coefficient (Wildman–Crippen LogP) is 1.44. The Morgan fingerprint density at radius 2 is 2.25 bits per heavy atom. The largest absolute Gasteiger partial charge is 0.486 e. The van der Waals surface area contributed by atoms with E-state index in [1.807, 2.05) is 13.1 Å². The molecule has 0 aliphatic heterocycles. The molecule has 0 unspecified atom stereocenters. The van der Waals surface area contributed by atoms with Crippen molar-refractivity contribution in [1.29, 1.82) is 0 Å². The number of benzene rings is 1. The van der Waals surface area contributed by atoms with E-state index < -0.39 is 4.92 Å². The van der Waals surface area contributed by atoms with E-state index in [1.165, 1.54) is 18.2 Å². The van der Waals surface area contributed by atoms with Gasteiger partial charge in [0, 0.05) is 31.4 Å². The van der Waals surface area contributed by atoms with Gasteiger partial charge in [-0.3, -0.25) is 14.8 Å². The Hall–Kier alpha value is -2.41. The van der Waals surface area contributed by atoms with E-state index in [1.54, 1.807) is 10.9 Å². The van der Waals surface area contributed by atoms with Gasteiger partial charge in [0.1, 0.15) is 0 Å².